The summed E-state index contributed by atoms with van der Waals surface area (Å²) in [5.74, 6) is 0.0105. The highest BCUT2D eigenvalue weighted by Gasteiger charge is 2.34. The maximum atomic E-state index is 12.1. The van der Waals surface area contributed by atoms with Crippen LogP contribution in [0.2, 0.25) is 0 Å². The van der Waals surface area contributed by atoms with Gasteiger partial charge in [-0.2, -0.15) is 0 Å². The van der Waals surface area contributed by atoms with Crippen LogP contribution in [0.15, 0.2) is 24.3 Å². The molecule has 1 N–H and O–H groups in total. The molecule has 0 spiro atoms. The summed E-state index contributed by atoms with van der Waals surface area (Å²) in [6.07, 6.45) is 0.655. The molecule has 1 aromatic carbocycles. The van der Waals surface area contributed by atoms with Crippen molar-refractivity contribution in [1.29, 1.82) is 0 Å². The average Bonchev–Trinajstić information content (AvgIpc) is 2.58. The van der Waals surface area contributed by atoms with E-state index in [1.54, 1.807) is 11.8 Å². The van der Waals surface area contributed by atoms with Crippen molar-refractivity contribution in [3.8, 4) is 0 Å². The largest absolute Gasteiger partial charge is 0.388 e. The van der Waals surface area contributed by atoms with Crippen molar-refractivity contribution < 1.29 is 9.90 Å². The molecule has 4 heteroatoms. The van der Waals surface area contributed by atoms with E-state index in [0.717, 1.165) is 3.57 Å². The molecule has 16 heavy (non-hydrogen) atoms. The molecule has 3 nitrogen and oxygen atoms in total. The first-order valence-electron chi connectivity index (χ1n) is 5.25. The maximum absolute atomic E-state index is 12.1. The van der Waals surface area contributed by atoms with E-state index in [4.69, 9.17) is 0 Å². The predicted molar refractivity (Wildman–Crippen MR) is 70.3 cm³/mol. The molecule has 1 aliphatic heterocycles. The maximum Gasteiger partial charge on any atom is 0.253 e. The van der Waals surface area contributed by atoms with Gasteiger partial charge in [0.1, 0.15) is 0 Å². The van der Waals surface area contributed by atoms with Crippen LogP contribution in [0, 0.1) is 3.57 Å². The topological polar surface area (TPSA) is 40.5 Å². The molecule has 1 fully saturated rings. The number of carbonyl (C=O) groups excluding carboxylic acids is 1. The van der Waals surface area contributed by atoms with Crippen LogP contribution in [-0.4, -0.2) is 34.6 Å². The number of aliphatic hydroxyl groups is 1. The van der Waals surface area contributed by atoms with Gasteiger partial charge >= 0.3 is 0 Å². The van der Waals surface area contributed by atoms with Crippen molar-refractivity contribution in [2.45, 2.75) is 18.9 Å². The number of likely N-dealkylation sites (tertiary alicyclic amines) is 1. The Morgan fingerprint density at radius 1 is 1.56 bits per heavy atom. The third-order valence-electron chi connectivity index (χ3n) is 2.81. The molecule has 1 aliphatic rings. The Bertz CT molecular complexity index is 417. The summed E-state index contributed by atoms with van der Waals surface area (Å²) in [5.41, 5.74) is -0.0259. The fourth-order valence-electron chi connectivity index (χ4n) is 1.92. The van der Waals surface area contributed by atoms with Crippen molar-refractivity contribution in [1.82, 2.24) is 4.90 Å². The summed E-state index contributed by atoms with van der Waals surface area (Å²) < 4.78 is 1.05. The summed E-state index contributed by atoms with van der Waals surface area (Å²) >= 11 is 2.19. The lowest BCUT2D eigenvalue weighted by Crippen LogP contribution is -2.33. The highest BCUT2D eigenvalue weighted by Crippen LogP contribution is 2.22. The van der Waals surface area contributed by atoms with Crippen LogP contribution in [0.4, 0.5) is 0 Å². The number of halogens is 1. The van der Waals surface area contributed by atoms with Crippen LogP contribution in [0.25, 0.3) is 0 Å². The molecule has 0 bridgehead atoms. The van der Waals surface area contributed by atoms with E-state index in [-0.39, 0.29) is 5.91 Å². The highest BCUT2D eigenvalue weighted by atomic mass is 127. The molecule has 1 aromatic rings. The number of hydrogen-bond acceptors (Lipinski definition) is 2. The monoisotopic (exact) mass is 331 g/mol. The van der Waals surface area contributed by atoms with Crippen molar-refractivity contribution in [3.05, 3.63) is 33.4 Å². The number of nitrogens with zero attached hydrogens (tertiary/aromatic N) is 1. The Labute approximate surface area is 109 Å². The molecular formula is C12H14INO2. The lowest BCUT2D eigenvalue weighted by Gasteiger charge is -2.19. The number of carbonyl (C=O) groups is 1. The molecular weight excluding hydrogens is 317 g/mol. The Hall–Kier alpha value is -0.620. The molecule has 1 heterocycles. The highest BCUT2D eigenvalue weighted by molar-refractivity contribution is 14.1. The van der Waals surface area contributed by atoms with Gasteiger partial charge in [-0.3, -0.25) is 4.79 Å². The smallest absolute Gasteiger partial charge is 0.253 e. The Morgan fingerprint density at radius 3 is 2.88 bits per heavy atom. The normalized spacial score (nSPS) is 24.8. The van der Waals surface area contributed by atoms with E-state index >= 15 is 0 Å². The molecule has 2 rings (SSSR count). The Balaban J connectivity index is 2.15. The molecule has 0 aromatic heterocycles. The van der Waals surface area contributed by atoms with Gasteiger partial charge in [0.05, 0.1) is 5.60 Å². The van der Waals surface area contributed by atoms with Gasteiger partial charge in [-0.15, -0.1) is 0 Å². The summed E-state index contributed by atoms with van der Waals surface area (Å²) in [6, 6.07) is 7.52. The Morgan fingerprint density at radius 2 is 2.31 bits per heavy atom. The standard InChI is InChI=1S/C12H14INO2/c1-12(16)5-6-14(8-12)11(15)9-3-2-4-10(13)7-9/h2-4,7,16H,5-6,8H2,1H3. The first-order valence-corrected chi connectivity index (χ1v) is 6.33. The van der Waals surface area contributed by atoms with Gasteiger partial charge < -0.3 is 10.0 Å². The zero-order valence-electron chi connectivity index (χ0n) is 9.11. The fraction of sp³-hybridized carbons (Fsp3) is 0.417. The predicted octanol–water partition coefficient (Wildman–Crippen LogP) is 1.89. The molecule has 1 atom stereocenters. The Kier molecular flexibility index (Phi) is 3.21. The first kappa shape index (κ1) is 11.9. The van der Waals surface area contributed by atoms with E-state index in [1.165, 1.54) is 0 Å². The summed E-state index contributed by atoms with van der Waals surface area (Å²) in [4.78, 5) is 13.8. The van der Waals surface area contributed by atoms with Crippen molar-refractivity contribution in [3.63, 3.8) is 0 Å². The SMILES string of the molecule is CC1(O)CCN(C(=O)c2cccc(I)c2)C1. The van der Waals surface area contributed by atoms with Gasteiger partial charge in [0, 0.05) is 22.2 Å². The van der Waals surface area contributed by atoms with E-state index in [2.05, 4.69) is 22.6 Å². The second kappa shape index (κ2) is 4.33. The minimum absolute atomic E-state index is 0.0105. The second-order valence-electron chi connectivity index (χ2n) is 4.48. The zero-order chi connectivity index (χ0) is 11.8. The molecule has 0 saturated carbocycles. The van der Waals surface area contributed by atoms with Gasteiger partial charge in [0.25, 0.3) is 5.91 Å². The van der Waals surface area contributed by atoms with Crippen LogP contribution in [0.1, 0.15) is 23.7 Å². The van der Waals surface area contributed by atoms with Crippen molar-refractivity contribution >= 4 is 28.5 Å². The third-order valence-corrected chi connectivity index (χ3v) is 3.48. The van der Waals surface area contributed by atoms with Crippen LogP contribution in [0.3, 0.4) is 0 Å². The van der Waals surface area contributed by atoms with E-state index in [0.29, 0.717) is 25.1 Å². The molecule has 0 aliphatic carbocycles. The minimum Gasteiger partial charge on any atom is -0.388 e. The van der Waals surface area contributed by atoms with Gasteiger partial charge in [-0.05, 0) is 54.1 Å². The number of β-amino-alcohol motifs (C(OH)–C–C–N with tert-alkyl or cyclic N) is 1. The van der Waals surface area contributed by atoms with E-state index in [1.807, 2.05) is 24.3 Å². The second-order valence-corrected chi connectivity index (χ2v) is 5.73. The zero-order valence-corrected chi connectivity index (χ0v) is 11.3. The lowest BCUT2D eigenvalue weighted by atomic mass is 10.1. The van der Waals surface area contributed by atoms with Gasteiger partial charge in [0.2, 0.25) is 0 Å². The quantitative estimate of drug-likeness (QED) is 0.799. The number of amides is 1. The number of rotatable bonds is 1. The third kappa shape index (κ3) is 2.55. The van der Waals surface area contributed by atoms with Crippen molar-refractivity contribution in [2.24, 2.45) is 0 Å². The van der Waals surface area contributed by atoms with Crippen LogP contribution < -0.4 is 0 Å². The number of hydrogen-bond donors (Lipinski definition) is 1. The van der Waals surface area contributed by atoms with Crippen LogP contribution in [-0.2, 0) is 0 Å². The molecule has 0 radical (unpaired) electrons. The molecule has 1 amide bonds. The lowest BCUT2D eigenvalue weighted by molar-refractivity contribution is 0.0572. The summed E-state index contributed by atoms with van der Waals surface area (Å²) in [6.45, 7) is 2.84. The van der Waals surface area contributed by atoms with Crippen LogP contribution in [0.5, 0.6) is 0 Å². The molecule has 1 unspecified atom stereocenters. The van der Waals surface area contributed by atoms with Crippen LogP contribution >= 0.6 is 22.6 Å². The summed E-state index contributed by atoms with van der Waals surface area (Å²) in [5, 5.41) is 9.82. The molecule has 1 saturated heterocycles. The fourth-order valence-corrected chi connectivity index (χ4v) is 2.47. The van der Waals surface area contributed by atoms with Gasteiger partial charge in [-0.1, -0.05) is 6.07 Å². The first-order chi connectivity index (χ1) is 7.48. The summed E-state index contributed by atoms with van der Waals surface area (Å²) in [7, 11) is 0. The van der Waals surface area contributed by atoms with E-state index < -0.39 is 5.60 Å². The van der Waals surface area contributed by atoms with Gasteiger partial charge in [0.15, 0.2) is 0 Å². The minimum atomic E-state index is -0.725. The van der Waals surface area contributed by atoms with E-state index in [9.17, 15) is 9.90 Å². The average molecular weight is 331 g/mol. The van der Waals surface area contributed by atoms with Gasteiger partial charge in [-0.25, -0.2) is 0 Å². The number of benzene rings is 1. The molecule has 86 valence electrons. The van der Waals surface area contributed by atoms with Crippen molar-refractivity contribution in [2.75, 3.05) is 13.1 Å².